The van der Waals surface area contributed by atoms with Crippen LogP contribution in [-0.2, 0) is 14.3 Å². The summed E-state index contributed by atoms with van der Waals surface area (Å²) < 4.78 is 4.57. The lowest BCUT2D eigenvalue weighted by molar-refractivity contribution is -0.204. The number of carbonyl (C=O) groups is 2. The van der Waals surface area contributed by atoms with Gasteiger partial charge < -0.3 is 30.3 Å². The van der Waals surface area contributed by atoms with E-state index < -0.39 is 49.4 Å². The summed E-state index contributed by atoms with van der Waals surface area (Å²) in [5.74, 6) is -3.35. The molecule has 2 unspecified atom stereocenters. The zero-order valence-corrected chi connectivity index (χ0v) is 13.9. The molecule has 0 spiro atoms. The van der Waals surface area contributed by atoms with Gasteiger partial charge >= 0.3 is 11.9 Å². The minimum Gasteiger partial charge on any atom is -0.481 e. The van der Waals surface area contributed by atoms with Gasteiger partial charge in [0.1, 0.15) is 12.2 Å². The average Bonchev–Trinajstić information content (AvgIpc) is 2.54. The van der Waals surface area contributed by atoms with Crippen LogP contribution in [0.5, 0.6) is 0 Å². The first kappa shape index (κ1) is 22.5. The van der Waals surface area contributed by atoms with Crippen LogP contribution in [0.1, 0.15) is 45.4 Å². The van der Waals surface area contributed by atoms with E-state index in [1.807, 2.05) is 0 Å². The third kappa shape index (κ3) is 9.61. The standard InChI is InChI=1S/C16H28O8/c1-2-3-4-5-6-7-8-11(9-13(19)20)15(22)24-16(23)14(21)12(18)10-17/h7-8,11-12,14,16-18,21,23H,2-6,9-10H2,1H3,(H,19,20)/t11?,12-,14-,16?/m0/s1. The molecule has 0 heterocycles. The molecule has 0 amide bonds. The van der Waals surface area contributed by atoms with Crippen molar-refractivity contribution in [2.24, 2.45) is 5.92 Å². The second-order valence-corrected chi connectivity index (χ2v) is 5.55. The topological polar surface area (TPSA) is 145 Å². The van der Waals surface area contributed by atoms with Crippen LogP contribution in [0.15, 0.2) is 12.2 Å². The van der Waals surface area contributed by atoms with Crippen molar-refractivity contribution in [1.29, 1.82) is 0 Å². The summed E-state index contributed by atoms with van der Waals surface area (Å²) >= 11 is 0. The average molecular weight is 348 g/mol. The quantitative estimate of drug-likeness (QED) is 0.137. The molecule has 8 heteroatoms. The molecule has 0 aromatic rings. The molecule has 0 aliphatic rings. The smallest absolute Gasteiger partial charge is 0.315 e. The molecule has 5 N–H and O–H groups in total. The number of carboxylic acid groups (broad SMARTS) is 1. The molecule has 0 saturated heterocycles. The number of carboxylic acids is 1. The molecule has 140 valence electrons. The maximum absolute atomic E-state index is 11.9. The van der Waals surface area contributed by atoms with Gasteiger partial charge in [0.15, 0.2) is 0 Å². The molecule has 0 fully saturated rings. The minimum absolute atomic E-state index is 0.518. The highest BCUT2D eigenvalue weighted by molar-refractivity contribution is 5.80. The Morgan fingerprint density at radius 1 is 1.12 bits per heavy atom. The maximum atomic E-state index is 11.9. The minimum atomic E-state index is -2.06. The molecule has 8 nitrogen and oxygen atoms in total. The molecule has 24 heavy (non-hydrogen) atoms. The number of esters is 1. The Morgan fingerprint density at radius 2 is 1.79 bits per heavy atom. The summed E-state index contributed by atoms with van der Waals surface area (Å²) in [5.41, 5.74) is 0. The molecule has 0 aromatic carbocycles. The van der Waals surface area contributed by atoms with Crippen LogP contribution in [-0.4, -0.2) is 62.6 Å². The van der Waals surface area contributed by atoms with E-state index in [1.165, 1.54) is 6.08 Å². The number of aliphatic hydroxyl groups excluding tert-OH is 4. The summed E-state index contributed by atoms with van der Waals surface area (Å²) in [5, 5.41) is 45.6. The van der Waals surface area contributed by atoms with Gasteiger partial charge in [0.05, 0.1) is 18.9 Å². The highest BCUT2D eigenvalue weighted by Gasteiger charge is 2.30. The molecular formula is C16H28O8. The van der Waals surface area contributed by atoms with Gasteiger partial charge in [-0.1, -0.05) is 38.3 Å². The first-order chi connectivity index (χ1) is 11.3. The van der Waals surface area contributed by atoms with Crippen LogP contribution in [0.25, 0.3) is 0 Å². The fraction of sp³-hybridized carbons (Fsp3) is 0.750. The van der Waals surface area contributed by atoms with E-state index in [0.717, 1.165) is 25.7 Å². The molecule has 0 aliphatic heterocycles. The Kier molecular flexibility index (Phi) is 12.1. The maximum Gasteiger partial charge on any atom is 0.315 e. The fourth-order valence-corrected chi connectivity index (χ4v) is 1.94. The van der Waals surface area contributed by atoms with Crippen molar-refractivity contribution in [2.75, 3.05) is 6.61 Å². The molecule has 0 aliphatic carbocycles. The van der Waals surface area contributed by atoms with E-state index in [2.05, 4.69) is 11.7 Å². The zero-order valence-electron chi connectivity index (χ0n) is 13.9. The number of ether oxygens (including phenoxy) is 1. The number of allylic oxidation sites excluding steroid dienone is 1. The lowest BCUT2D eigenvalue weighted by atomic mass is 10.0. The van der Waals surface area contributed by atoms with Crippen molar-refractivity contribution in [3.8, 4) is 0 Å². The van der Waals surface area contributed by atoms with Crippen molar-refractivity contribution < 1.29 is 39.9 Å². The number of rotatable bonds is 13. The van der Waals surface area contributed by atoms with Crippen LogP contribution >= 0.6 is 0 Å². The monoisotopic (exact) mass is 348 g/mol. The summed E-state index contributed by atoms with van der Waals surface area (Å²) in [7, 11) is 0. The third-order valence-corrected chi connectivity index (χ3v) is 3.40. The van der Waals surface area contributed by atoms with E-state index >= 15 is 0 Å². The molecule has 0 saturated carbocycles. The highest BCUT2D eigenvalue weighted by Crippen LogP contribution is 2.13. The van der Waals surface area contributed by atoms with Crippen molar-refractivity contribution in [1.82, 2.24) is 0 Å². The molecule has 0 rings (SSSR count). The van der Waals surface area contributed by atoms with Gasteiger partial charge in [-0.05, 0) is 12.8 Å². The number of aliphatic hydroxyl groups is 4. The molecule has 0 radical (unpaired) electrons. The van der Waals surface area contributed by atoms with Gasteiger partial charge in [-0.3, -0.25) is 9.59 Å². The number of unbranched alkanes of at least 4 members (excludes halogenated alkanes) is 4. The van der Waals surface area contributed by atoms with E-state index in [-0.39, 0.29) is 0 Å². The number of carbonyl (C=O) groups excluding carboxylic acids is 1. The van der Waals surface area contributed by atoms with E-state index in [1.54, 1.807) is 6.08 Å². The molecule has 4 atom stereocenters. The van der Waals surface area contributed by atoms with Gasteiger partial charge in [-0.2, -0.15) is 0 Å². The number of aliphatic carboxylic acids is 1. The van der Waals surface area contributed by atoms with Crippen LogP contribution < -0.4 is 0 Å². The first-order valence-corrected chi connectivity index (χ1v) is 8.07. The Bertz CT molecular complexity index is 396. The van der Waals surface area contributed by atoms with Crippen molar-refractivity contribution >= 4 is 11.9 Å². The summed E-state index contributed by atoms with van der Waals surface area (Å²) in [6.45, 7) is 1.26. The van der Waals surface area contributed by atoms with Crippen LogP contribution in [0, 0.1) is 5.92 Å². The molecular weight excluding hydrogens is 320 g/mol. The number of hydrogen-bond acceptors (Lipinski definition) is 7. The number of hydrogen-bond donors (Lipinski definition) is 5. The Hall–Kier alpha value is -1.48. The third-order valence-electron chi connectivity index (χ3n) is 3.40. The van der Waals surface area contributed by atoms with Crippen LogP contribution in [0.2, 0.25) is 0 Å². The van der Waals surface area contributed by atoms with Crippen molar-refractivity contribution in [3.05, 3.63) is 12.2 Å². The summed E-state index contributed by atoms with van der Waals surface area (Å²) in [4.78, 5) is 22.8. The predicted octanol–water partition coefficient (Wildman–Crippen LogP) is 0.180. The largest absolute Gasteiger partial charge is 0.481 e. The van der Waals surface area contributed by atoms with E-state index in [9.17, 15) is 24.9 Å². The lowest BCUT2D eigenvalue weighted by Crippen LogP contribution is -2.42. The highest BCUT2D eigenvalue weighted by atomic mass is 16.6. The first-order valence-electron chi connectivity index (χ1n) is 8.07. The van der Waals surface area contributed by atoms with Crippen molar-refractivity contribution in [3.63, 3.8) is 0 Å². The van der Waals surface area contributed by atoms with Gasteiger partial charge in [0, 0.05) is 0 Å². The van der Waals surface area contributed by atoms with Crippen molar-refractivity contribution in [2.45, 2.75) is 63.9 Å². The Morgan fingerprint density at radius 3 is 2.33 bits per heavy atom. The SMILES string of the molecule is CCCCCCC=CC(CC(=O)O)C(=O)OC(O)[C@@H](O)[C@@H](O)CO. The summed E-state index contributed by atoms with van der Waals surface area (Å²) in [6.07, 6.45) is 1.80. The van der Waals surface area contributed by atoms with Gasteiger partial charge in [-0.25, -0.2) is 0 Å². The lowest BCUT2D eigenvalue weighted by Gasteiger charge is -2.22. The van der Waals surface area contributed by atoms with Gasteiger partial charge in [0.25, 0.3) is 0 Å². The Balaban J connectivity index is 4.59. The van der Waals surface area contributed by atoms with Crippen LogP contribution in [0.3, 0.4) is 0 Å². The van der Waals surface area contributed by atoms with E-state index in [4.69, 9.17) is 10.2 Å². The Labute approximate surface area is 141 Å². The normalized spacial score (nSPS) is 16.5. The van der Waals surface area contributed by atoms with Gasteiger partial charge in [0.2, 0.25) is 6.29 Å². The van der Waals surface area contributed by atoms with E-state index in [0.29, 0.717) is 6.42 Å². The molecule has 0 aromatic heterocycles. The predicted molar refractivity (Wildman–Crippen MR) is 84.8 cm³/mol. The second kappa shape index (κ2) is 12.9. The fourth-order valence-electron chi connectivity index (χ4n) is 1.94. The molecule has 0 bridgehead atoms. The second-order valence-electron chi connectivity index (χ2n) is 5.55. The van der Waals surface area contributed by atoms with Gasteiger partial charge in [-0.15, -0.1) is 0 Å². The van der Waals surface area contributed by atoms with Crippen LogP contribution in [0.4, 0.5) is 0 Å². The zero-order chi connectivity index (χ0) is 18.5. The summed E-state index contributed by atoms with van der Waals surface area (Å²) in [6, 6.07) is 0.